The first-order valence-corrected chi connectivity index (χ1v) is 6.24. The molecule has 4 atom stereocenters. The Hall–Kier alpha value is -1.58. The van der Waals surface area contributed by atoms with E-state index in [1.165, 1.54) is 13.8 Å². The molecule has 2 heterocycles. The highest BCUT2D eigenvalue weighted by Gasteiger charge is 2.97. The predicted molar refractivity (Wildman–Crippen MR) is 64.6 cm³/mol. The van der Waals surface area contributed by atoms with Crippen molar-refractivity contribution in [1.82, 2.24) is 9.55 Å². The standard InChI is InChI=1S/C12H14F2N2O5/c1-9(2)11(19)7(21-10(3,14)12(9,11)20)16-4-5(13)6(17)15-8(16)18/h4,7,19-20H,1-3H3,(H,15,17,18)/t7-,10-,11-,12-/m1/s1. The molecule has 0 unspecified atom stereocenters. The van der Waals surface area contributed by atoms with E-state index in [1.54, 1.807) is 4.98 Å². The summed E-state index contributed by atoms with van der Waals surface area (Å²) >= 11 is 0. The highest BCUT2D eigenvalue weighted by atomic mass is 19.2. The van der Waals surface area contributed by atoms with Crippen LogP contribution in [-0.2, 0) is 4.74 Å². The van der Waals surface area contributed by atoms with Crippen molar-refractivity contribution in [1.29, 1.82) is 0 Å². The maximum Gasteiger partial charge on any atom is 0.330 e. The van der Waals surface area contributed by atoms with Gasteiger partial charge in [0.25, 0.3) is 5.56 Å². The Kier molecular flexibility index (Phi) is 2.34. The third-order valence-corrected chi connectivity index (χ3v) is 4.86. The van der Waals surface area contributed by atoms with E-state index < -0.39 is 45.8 Å². The summed E-state index contributed by atoms with van der Waals surface area (Å²) in [7, 11) is 0. The molecule has 1 aliphatic carbocycles. The minimum Gasteiger partial charge on any atom is -0.381 e. The topological polar surface area (TPSA) is 105 Å². The number of hydrogen-bond acceptors (Lipinski definition) is 5. The van der Waals surface area contributed by atoms with Gasteiger partial charge in [0.2, 0.25) is 11.7 Å². The Labute approximate surface area is 116 Å². The first-order chi connectivity index (χ1) is 9.42. The van der Waals surface area contributed by atoms with Gasteiger partial charge in [0.05, 0.1) is 6.20 Å². The average molecular weight is 304 g/mol. The van der Waals surface area contributed by atoms with E-state index in [0.717, 1.165) is 6.92 Å². The summed E-state index contributed by atoms with van der Waals surface area (Å²) in [5.41, 5.74) is -8.06. The second-order valence-corrected chi connectivity index (χ2v) is 6.13. The summed E-state index contributed by atoms with van der Waals surface area (Å²) in [6.07, 6.45) is -1.16. The van der Waals surface area contributed by atoms with Crippen LogP contribution in [0.5, 0.6) is 0 Å². The number of aliphatic hydroxyl groups is 2. The van der Waals surface area contributed by atoms with Gasteiger partial charge in [-0.25, -0.2) is 9.18 Å². The molecule has 1 saturated carbocycles. The molecule has 2 fully saturated rings. The van der Waals surface area contributed by atoms with Gasteiger partial charge < -0.3 is 14.9 Å². The molecule has 0 aromatic carbocycles. The molecule has 2 aliphatic rings. The molecule has 1 aromatic heterocycles. The van der Waals surface area contributed by atoms with Gasteiger partial charge in [0.1, 0.15) is 0 Å². The fourth-order valence-corrected chi connectivity index (χ4v) is 3.52. The molecule has 7 nitrogen and oxygen atoms in total. The summed E-state index contributed by atoms with van der Waals surface area (Å²) in [4.78, 5) is 24.5. The van der Waals surface area contributed by atoms with Crippen LogP contribution < -0.4 is 11.2 Å². The lowest BCUT2D eigenvalue weighted by Gasteiger charge is -2.29. The molecule has 0 amide bonds. The Balaban J connectivity index is 2.21. The van der Waals surface area contributed by atoms with E-state index in [2.05, 4.69) is 0 Å². The van der Waals surface area contributed by atoms with Gasteiger partial charge in [-0.1, -0.05) is 13.8 Å². The Morgan fingerprint density at radius 2 is 1.90 bits per heavy atom. The Morgan fingerprint density at radius 1 is 1.33 bits per heavy atom. The smallest absolute Gasteiger partial charge is 0.330 e. The van der Waals surface area contributed by atoms with Crippen LogP contribution in [0.3, 0.4) is 0 Å². The first kappa shape index (κ1) is 14.4. The van der Waals surface area contributed by atoms with E-state index >= 15 is 0 Å². The van der Waals surface area contributed by atoms with Gasteiger partial charge in [-0.2, -0.15) is 4.39 Å². The highest BCUT2D eigenvalue weighted by Crippen LogP contribution is 2.78. The highest BCUT2D eigenvalue weighted by molar-refractivity contribution is 5.40. The normalized spacial score (nSPS) is 43.7. The number of H-pyrrole nitrogens is 1. The fourth-order valence-electron chi connectivity index (χ4n) is 3.52. The molecule has 3 rings (SSSR count). The maximum absolute atomic E-state index is 14.5. The molecule has 116 valence electrons. The fraction of sp³-hybridized carbons (Fsp3) is 0.667. The van der Waals surface area contributed by atoms with Gasteiger partial charge in [0, 0.05) is 5.41 Å². The maximum atomic E-state index is 14.5. The van der Waals surface area contributed by atoms with Crippen molar-refractivity contribution < 1.29 is 23.7 Å². The van der Waals surface area contributed by atoms with Crippen molar-refractivity contribution in [2.75, 3.05) is 0 Å². The van der Waals surface area contributed by atoms with Crippen molar-refractivity contribution in [2.24, 2.45) is 5.41 Å². The van der Waals surface area contributed by atoms with E-state index in [-0.39, 0.29) is 0 Å². The van der Waals surface area contributed by atoms with E-state index in [0.29, 0.717) is 10.8 Å². The Bertz CT molecular complexity index is 745. The monoisotopic (exact) mass is 304 g/mol. The molecule has 1 aliphatic heterocycles. The number of rotatable bonds is 1. The van der Waals surface area contributed by atoms with Crippen LogP contribution in [0, 0.1) is 11.2 Å². The SMILES string of the molecule is CC1(C)[C@]2(O)[C@@]1(O)[C@H](n1cc(F)c(=O)[nH]c1=O)O[C@@]2(C)F. The van der Waals surface area contributed by atoms with Gasteiger partial charge in [-0.05, 0) is 6.92 Å². The molecule has 0 spiro atoms. The summed E-state index contributed by atoms with van der Waals surface area (Å²) in [5.74, 6) is -3.95. The zero-order valence-electron chi connectivity index (χ0n) is 11.5. The number of halogens is 2. The lowest BCUT2D eigenvalue weighted by atomic mass is 10.0. The molecular weight excluding hydrogens is 290 g/mol. The van der Waals surface area contributed by atoms with Gasteiger partial charge in [-0.15, -0.1) is 0 Å². The van der Waals surface area contributed by atoms with Crippen LogP contribution in [0.4, 0.5) is 8.78 Å². The van der Waals surface area contributed by atoms with E-state index in [9.17, 15) is 28.6 Å². The van der Waals surface area contributed by atoms with Crippen LogP contribution >= 0.6 is 0 Å². The van der Waals surface area contributed by atoms with E-state index in [4.69, 9.17) is 4.74 Å². The summed E-state index contributed by atoms with van der Waals surface area (Å²) in [6, 6.07) is 0. The number of ether oxygens (including phenoxy) is 1. The molecule has 0 radical (unpaired) electrons. The Morgan fingerprint density at radius 3 is 2.38 bits per heavy atom. The molecule has 21 heavy (non-hydrogen) atoms. The zero-order valence-corrected chi connectivity index (χ0v) is 11.5. The number of nitrogens with zero attached hydrogens (tertiary/aromatic N) is 1. The van der Waals surface area contributed by atoms with Gasteiger partial charge in [0.15, 0.2) is 17.4 Å². The summed E-state index contributed by atoms with van der Waals surface area (Å²) < 4.78 is 33.3. The number of aromatic nitrogens is 2. The number of nitrogens with one attached hydrogen (secondary N) is 1. The summed E-state index contributed by atoms with van der Waals surface area (Å²) in [6.45, 7) is 3.71. The van der Waals surface area contributed by atoms with Crippen LogP contribution in [-0.4, -0.2) is 36.8 Å². The second-order valence-electron chi connectivity index (χ2n) is 6.13. The minimum atomic E-state index is -2.65. The van der Waals surface area contributed by atoms with Crippen LogP contribution in [0.25, 0.3) is 0 Å². The number of hydrogen-bond donors (Lipinski definition) is 3. The molecule has 0 bridgehead atoms. The second kappa shape index (κ2) is 3.42. The minimum absolute atomic E-state index is 0.514. The predicted octanol–water partition coefficient (Wildman–Crippen LogP) is -0.608. The summed E-state index contributed by atoms with van der Waals surface area (Å²) in [5, 5.41) is 21.0. The van der Waals surface area contributed by atoms with Gasteiger partial charge in [-0.3, -0.25) is 14.3 Å². The molecule has 1 saturated heterocycles. The van der Waals surface area contributed by atoms with Crippen molar-refractivity contribution in [3.8, 4) is 0 Å². The number of fused-ring (bicyclic) bond motifs is 1. The molecule has 9 heteroatoms. The van der Waals surface area contributed by atoms with Crippen molar-refractivity contribution in [3.05, 3.63) is 32.9 Å². The lowest BCUT2D eigenvalue weighted by Crippen LogP contribution is -2.42. The van der Waals surface area contributed by atoms with Crippen molar-refractivity contribution in [3.63, 3.8) is 0 Å². The quantitative estimate of drug-likeness (QED) is 0.642. The third kappa shape index (κ3) is 1.23. The van der Waals surface area contributed by atoms with Crippen LogP contribution in [0.2, 0.25) is 0 Å². The zero-order chi connectivity index (χ0) is 16.0. The third-order valence-electron chi connectivity index (χ3n) is 4.86. The largest absolute Gasteiger partial charge is 0.381 e. The van der Waals surface area contributed by atoms with Crippen LogP contribution in [0.15, 0.2) is 15.8 Å². The number of aromatic amines is 1. The van der Waals surface area contributed by atoms with Crippen molar-refractivity contribution >= 4 is 0 Å². The van der Waals surface area contributed by atoms with Crippen LogP contribution in [0.1, 0.15) is 27.0 Å². The van der Waals surface area contributed by atoms with E-state index in [1.807, 2.05) is 0 Å². The molecule has 1 aromatic rings. The van der Waals surface area contributed by atoms with Gasteiger partial charge >= 0.3 is 5.69 Å². The molecular formula is C12H14F2N2O5. The first-order valence-electron chi connectivity index (χ1n) is 6.24. The number of alkyl halides is 1. The van der Waals surface area contributed by atoms with Crippen molar-refractivity contribution in [2.45, 2.75) is 44.1 Å². The lowest BCUT2D eigenvalue weighted by molar-refractivity contribution is -0.228. The average Bonchev–Trinajstić information content (AvgIpc) is 2.63. The molecule has 3 N–H and O–H groups in total.